The van der Waals surface area contributed by atoms with E-state index >= 15 is 0 Å². The molecule has 4 aromatic rings. The molecule has 30 heavy (non-hydrogen) atoms. The predicted molar refractivity (Wildman–Crippen MR) is 122 cm³/mol. The van der Waals surface area contributed by atoms with E-state index in [2.05, 4.69) is 22.2 Å². The molecule has 156 valence electrons. The van der Waals surface area contributed by atoms with Gasteiger partial charge in [0.25, 0.3) is 5.56 Å². The number of amides is 1. The third-order valence-corrected chi connectivity index (χ3v) is 6.42. The van der Waals surface area contributed by atoms with Gasteiger partial charge in [-0.05, 0) is 48.4 Å². The molecular weight excluding hydrogens is 396 g/mol. The molecule has 3 heterocycles. The molecular formula is C23H26N4O2S. The van der Waals surface area contributed by atoms with Crippen molar-refractivity contribution >= 4 is 38.4 Å². The zero-order chi connectivity index (χ0) is 20.9. The molecule has 1 fully saturated rings. The van der Waals surface area contributed by atoms with Gasteiger partial charge in [0, 0.05) is 16.9 Å². The molecule has 1 saturated carbocycles. The second-order valence-electron chi connectivity index (χ2n) is 7.90. The topological polar surface area (TPSA) is 79.8 Å². The number of hydrogen-bond acceptors (Lipinski definition) is 4. The fourth-order valence-electron chi connectivity index (χ4n) is 4.00. The Hall–Kier alpha value is -2.93. The summed E-state index contributed by atoms with van der Waals surface area (Å²) in [7, 11) is 0. The summed E-state index contributed by atoms with van der Waals surface area (Å²) >= 11 is 1.54. The van der Waals surface area contributed by atoms with Crippen LogP contribution in [0.25, 0.3) is 21.1 Å². The summed E-state index contributed by atoms with van der Waals surface area (Å²) in [6, 6.07) is 11.9. The minimum absolute atomic E-state index is 0.0641. The van der Waals surface area contributed by atoms with Gasteiger partial charge in [-0.15, -0.1) is 11.3 Å². The van der Waals surface area contributed by atoms with E-state index in [4.69, 9.17) is 0 Å². The van der Waals surface area contributed by atoms with E-state index in [0.717, 1.165) is 28.6 Å². The Morgan fingerprint density at radius 1 is 1.27 bits per heavy atom. The second-order valence-corrected chi connectivity index (χ2v) is 8.85. The van der Waals surface area contributed by atoms with Gasteiger partial charge in [-0.1, -0.05) is 31.9 Å². The third-order valence-electron chi connectivity index (χ3n) is 5.54. The lowest BCUT2D eigenvalue weighted by Crippen LogP contribution is -2.40. The summed E-state index contributed by atoms with van der Waals surface area (Å²) in [6.45, 7) is 2.34. The second kappa shape index (κ2) is 9.26. The first kappa shape index (κ1) is 20.3. The highest BCUT2D eigenvalue weighted by Crippen LogP contribution is 2.23. The van der Waals surface area contributed by atoms with Crippen molar-refractivity contribution in [1.82, 2.24) is 19.9 Å². The minimum atomic E-state index is -0.0825. The number of benzene rings is 1. The molecule has 2 N–H and O–H groups in total. The fraction of sp³-hybridized carbons (Fsp3) is 0.348. The van der Waals surface area contributed by atoms with Crippen molar-refractivity contribution in [1.29, 1.82) is 0 Å². The van der Waals surface area contributed by atoms with Crippen LogP contribution < -0.4 is 10.9 Å². The molecule has 2 atom stereocenters. The highest BCUT2D eigenvalue weighted by Gasteiger charge is 2.20. The van der Waals surface area contributed by atoms with Crippen LogP contribution in [0.5, 0.6) is 0 Å². The van der Waals surface area contributed by atoms with E-state index in [-0.39, 0.29) is 24.1 Å². The molecule has 6 nitrogen and oxygen atoms in total. The zero-order valence-corrected chi connectivity index (χ0v) is 17.8. The van der Waals surface area contributed by atoms with Crippen molar-refractivity contribution in [2.75, 3.05) is 0 Å². The molecule has 0 radical (unpaired) electrons. The zero-order valence-electron chi connectivity index (χ0n) is 17.0. The first-order chi connectivity index (χ1) is 14.6. The van der Waals surface area contributed by atoms with E-state index in [9.17, 15) is 9.59 Å². The lowest BCUT2D eigenvalue weighted by molar-refractivity contribution is -0.122. The van der Waals surface area contributed by atoms with Crippen LogP contribution in [0.4, 0.5) is 0 Å². The van der Waals surface area contributed by atoms with Crippen molar-refractivity contribution in [2.45, 2.75) is 45.2 Å². The number of nitrogens with one attached hydrogen (secondary N) is 2. The molecule has 2 unspecified atom stereocenters. The average molecular weight is 423 g/mol. The number of H-pyrrole nitrogens is 1. The number of para-hydroxylation sites is 2. The van der Waals surface area contributed by atoms with E-state index in [1.54, 1.807) is 23.9 Å². The summed E-state index contributed by atoms with van der Waals surface area (Å²) in [5.41, 5.74) is 2.04. The number of rotatable bonds is 3. The van der Waals surface area contributed by atoms with Gasteiger partial charge < -0.3 is 14.9 Å². The Balaban J connectivity index is 0.000000200. The standard InChI is InChI=1S/C16H20N2O2S.C7H6N2/c1-11-3-2-4-12(9-11)17-15(19)10-18-7-5-14-13(16(18)20)6-8-21-14;1-2-4-7-6(3-1)8-5-9-7/h5-8,11-12H,2-4,9-10H2,1H3,(H,17,19);1-5H,(H,8,9). The SMILES string of the molecule is CC1CCCC(NC(=O)Cn2ccc3sccc3c2=O)C1.c1ccc2[nH]cnc2c1. The number of hydrogen-bond donors (Lipinski definition) is 2. The highest BCUT2D eigenvalue weighted by atomic mass is 32.1. The lowest BCUT2D eigenvalue weighted by Gasteiger charge is -2.27. The Labute approximate surface area is 179 Å². The van der Waals surface area contributed by atoms with Crippen LogP contribution in [-0.4, -0.2) is 26.5 Å². The van der Waals surface area contributed by atoms with Gasteiger partial charge in [0.1, 0.15) is 6.54 Å². The van der Waals surface area contributed by atoms with Gasteiger partial charge in [-0.2, -0.15) is 0 Å². The molecule has 3 aromatic heterocycles. The van der Waals surface area contributed by atoms with E-state index < -0.39 is 0 Å². The van der Waals surface area contributed by atoms with Crippen molar-refractivity contribution in [3.05, 3.63) is 64.7 Å². The van der Waals surface area contributed by atoms with Crippen LogP contribution in [0.2, 0.25) is 0 Å². The number of aromatic amines is 1. The number of carbonyl (C=O) groups is 1. The van der Waals surface area contributed by atoms with Gasteiger partial charge in [0.05, 0.1) is 22.7 Å². The van der Waals surface area contributed by atoms with Crippen molar-refractivity contribution in [3.8, 4) is 0 Å². The van der Waals surface area contributed by atoms with E-state index in [1.165, 1.54) is 17.4 Å². The molecule has 1 amide bonds. The molecule has 1 aromatic carbocycles. The fourth-order valence-corrected chi connectivity index (χ4v) is 4.78. The molecule has 5 rings (SSSR count). The molecule has 0 bridgehead atoms. The first-order valence-electron chi connectivity index (χ1n) is 10.3. The number of aromatic nitrogens is 3. The summed E-state index contributed by atoms with van der Waals surface area (Å²) in [5, 5.41) is 5.67. The maximum atomic E-state index is 12.3. The number of thiophene rings is 1. The van der Waals surface area contributed by atoms with Crippen LogP contribution in [0.15, 0.2) is 59.1 Å². The number of pyridine rings is 1. The predicted octanol–water partition coefficient (Wildman–Crippen LogP) is 4.32. The maximum absolute atomic E-state index is 12.3. The number of carbonyl (C=O) groups excluding carboxylic acids is 1. The normalized spacial score (nSPS) is 18.7. The first-order valence-corrected chi connectivity index (χ1v) is 11.2. The van der Waals surface area contributed by atoms with Gasteiger partial charge in [-0.3, -0.25) is 9.59 Å². The van der Waals surface area contributed by atoms with Crippen molar-refractivity contribution in [2.24, 2.45) is 5.92 Å². The van der Waals surface area contributed by atoms with E-state index in [0.29, 0.717) is 11.3 Å². The van der Waals surface area contributed by atoms with Crippen LogP contribution in [0, 0.1) is 5.92 Å². The molecule has 1 aliphatic carbocycles. The van der Waals surface area contributed by atoms with Crippen molar-refractivity contribution in [3.63, 3.8) is 0 Å². The quantitative estimate of drug-likeness (QED) is 0.516. The summed E-state index contributed by atoms with van der Waals surface area (Å²) < 4.78 is 2.47. The molecule has 0 saturated heterocycles. The number of imidazole rings is 1. The molecule has 0 aliphatic heterocycles. The Kier molecular flexibility index (Phi) is 6.28. The van der Waals surface area contributed by atoms with E-state index in [1.807, 2.05) is 41.8 Å². The summed E-state index contributed by atoms with van der Waals surface area (Å²) in [6.07, 6.45) is 7.93. The monoisotopic (exact) mass is 422 g/mol. The Bertz CT molecular complexity index is 1160. The van der Waals surface area contributed by atoms with Crippen LogP contribution >= 0.6 is 11.3 Å². The highest BCUT2D eigenvalue weighted by molar-refractivity contribution is 7.17. The van der Waals surface area contributed by atoms with Crippen LogP contribution in [0.3, 0.4) is 0 Å². The van der Waals surface area contributed by atoms with Gasteiger partial charge in [0.15, 0.2) is 0 Å². The van der Waals surface area contributed by atoms with Crippen LogP contribution in [0.1, 0.15) is 32.6 Å². The average Bonchev–Trinajstić information content (AvgIpc) is 3.40. The van der Waals surface area contributed by atoms with Gasteiger partial charge >= 0.3 is 0 Å². The lowest BCUT2D eigenvalue weighted by atomic mass is 9.87. The smallest absolute Gasteiger partial charge is 0.259 e. The summed E-state index contributed by atoms with van der Waals surface area (Å²) in [4.78, 5) is 31.5. The number of nitrogens with zero attached hydrogens (tertiary/aromatic N) is 2. The molecule has 7 heteroatoms. The molecule has 1 aliphatic rings. The third kappa shape index (κ3) is 4.79. The maximum Gasteiger partial charge on any atom is 0.259 e. The summed E-state index contributed by atoms with van der Waals surface area (Å²) in [5.74, 6) is 0.611. The van der Waals surface area contributed by atoms with Gasteiger partial charge in [-0.25, -0.2) is 4.98 Å². The van der Waals surface area contributed by atoms with Crippen LogP contribution in [-0.2, 0) is 11.3 Å². The van der Waals surface area contributed by atoms with Crippen molar-refractivity contribution < 1.29 is 4.79 Å². The largest absolute Gasteiger partial charge is 0.352 e. The Morgan fingerprint density at radius 2 is 2.13 bits per heavy atom. The minimum Gasteiger partial charge on any atom is -0.352 e. The van der Waals surface area contributed by atoms with Gasteiger partial charge in [0.2, 0.25) is 5.91 Å². The molecule has 0 spiro atoms. The number of fused-ring (bicyclic) bond motifs is 2. The Morgan fingerprint density at radius 3 is 2.97 bits per heavy atom.